The van der Waals surface area contributed by atoms with Crippen molar-refractivity contribution in [2.45, 2.75) is 51.6 Å². The third-order valence-electron chi connectivity index (χ3n) is 5.18. The van der Waals surface area contributed by atoms with E-state index in [9.17, 15) is 26.3 Å². The minimum absolute atomic E-state index is 0.124. The second-order valence-electron chi connectivity index (χ2n) is 7.84. The van der Waals surface area contributed by atoms with Crippen molar-refractivity contribution in [2.75, 3.05) is 0 Å². The molecule has 0 saturated carbocycles. The first-order valence-electron chi connectivity index (χ1n) is 10.9. The number of aromatic nitrogens is 2. The molecule has 0 bridgehead atoms. The maximum Gasteiger partial charge on any atom is 0.458 e. The number of alkyl halides is 3. The molecule has 0 amide bonds. The molecular weight excluding hydrogens is 454 g/mol. The van der Waals surface area contributed by atoms with Gasteiger partial charge in [0.05, 0.1) is 5.56 Å². The van der Waals surface area contributed by atoms with Crippen molar-refractivity contribution in [1.29, 1.82) is 0 Å². The summed E-state index contributed by atoms with van der Waals surface area (Å²) in [6.07, 6.45) is 5.12. The van der Waals surface area contributed by atoms with Crippen LogP contribution in [0.1, 0.15) is 50.2 Å². The minimum Gasteiger partial charge on any atom is -0.236 e. The SMILES string of the molecule is CCCCCCCc1cnc(-c2ccc(-c3cc(F)c(C#CC(F)(F)F)c(F)c3)c(F)c2)nc1. The highest BCUT2D eigenvalue weighted by molar-refractivity contribution is 5.69. The second-order valence-corrected chi connectivity index (χ2v) is 7.84. The van der Waals surface area contributed by atoms with Gasteiger partial charge in [0.2, 0.25) is 0 Å². The Morgan fingerprint density at radius 2 is 1.41 bits per heavy atom. The summed E-state index contributed by atoms with van der Waals surface area (Å²) in [6, 6.07) is 5.44. The predicted octanol–water partition coefficient (Wildman–Crippen LogP) is 7.65. The lowest BCUT2D eigenvalue weighted by Gasteiger charge is -2.08. The maximum absolute atomic E-state index is 14.8. The van der Waals surface area contributed by atoms with Crippen LogP contribution in [0.2, 0.25) is 0 Å². The first-order valence-corrected chi connectivity index (χ1v) is 10.9. The topological polar surface area (TPSA) is 25.8 Å². The van der Waals surface area contributed by atoms with Gasteiger partial charge >= 0.3 is 6.18 Å². The van der Waals surface area contributed by atoms with E-state index < -0.39 is 29.2 Å². The fourth-order valence-corrected chi connectivity index (χ4v) is 3.44. The van der Waals surface area contributed by atoms with Gasteiger partial charge in [-0.15, -0.1) is 0 Å². The number of aryl methyl sites for hydroxylation is 1. The zero-order valence-electron chi connectivity index (χ0n) is 18.4. The molecule has 2 nitrogen and oxygen atoms in total. The standard InChI is InChI=1S/C26H22F6N2/c1-2-3-4-5-6-7-17-15-33-25(34-16-17)18-8-9-20(22(27)12-18)19-13-23(28)21(24(29)14-19)10-11-26(30,31)32/h8-9,12-16H,2-7H2,1H3. The molecule has 0 saturated heterocycles. The number of hydrogen-bond donors (Lipinski definition) is 0. The summed E-state index contributed by atoms with van der Waals surface area (Å²) in [7, 11) is 0. The van der Waals surface area contributed by atoms with Crippen molar-refractivity contribution in [1.82, 2.24) is 9.97 Å². The van der Waals surface area contributed by atoms with Gasteiger partial charge in [-0.3, -0.25) is 0 Å². The molecule has 0 spiro atoms. The van der Waals surface area contributed by atoms with Gasteiger partial charge in [-0.05, 0) is 42.2 Å². The van der Waals surface area contributed by atoms with E-state index in [0.717, 1.165) is 48.9 Å². The molecule has 0 atom stereocenters. The largest absolute Gasteiger partial charge is 0.458 e. The Labute approximate surface area is 194 Å². The van der Waals surface area contributed by atoms with Gasteiger partial charge < -0.3 is 0 Å². The van der Waals surface area contributed by atoms with Gasteiger partial charge in [0.1, 0.15) is 17.5 Å². The van der Waals surface area contributed by atoms with Crippen LogP contribution in [0.5, 0.6) is 0 Å². The Bertz CT molecular complexity index is 1170. The highest BCUT2D eigenvalue weighted by Crippen LogP contribution is 2.29. The number of rotatable bonds is 8. The molecule has 1 aromatic heterocycles. The number of hydrogen-bond acceptors (Lipinski definition) is 2. The second kappa shape index (κ2) is 11.2. The monoisotopic (exact) mass is 476 g/mol. The third-order valence-corrected chi connectivity index (χ3v) is 5.18. The summed E-state index contributed by atoms with van der Waals surface area (Å²) in [5.74, 6) is -0.857. The molecule has 3 rings (SSSR count). The highest BCUT2D eigenvalue weighted by atomic mass is 19.4. The smallest absolute Gasteiger partial charge is 0.236 e. The van der Waals surface area contributed by atoms with Crippen LogP contribution < -0.4 is 0 Å². The summed E-state index contributed by atoms with van der Waals surface area (Å²) < 4.78 is 79.8. The number of unbranched alkanes of at least 4 members (excludes halogenated alkanes) is 4. The van der Waals surface area contributed by atoms with Gasteiger partial charge in [0.25, 0.3) is 0 Å². The Kier molecular flexibility index (Phi) is 8.32. The molecule has 178 valence electrons. The molecule has 2 aromatic carbocycles. The van der Waals surface area contributed by atoms with Crippen LogP contribution in [0, 0.1) is 29.3 Å². The van der Waals surface area contributed by atoms with Crippen LogP contribution in [0.25, 0.3) is 22.5 Å². The van der Waals surface area contributed by atoms with E-state index in [1.54, 1.807) is 12.4 Å². The van der Waals surface area contributed by atoms with E-state index >= 15 is 0 Å². The van der Waals surface area contributed by atoms with Gasteiger partial charge in [0.15, 0.2) is 5.82 Å². The van der Waals surface area contributed by atoms with E-state index in [1.165, 1.54) is 37.3 Å². The molecule has 0 unspecified atom stereocenters. The molecule has 0 radical (unpaired) electrons. The molecular formula is C26H22F6N2. The Morgan fingerprint density at radius 3 is 2.00 bits per heavy atom. The molecule has 3 aromatic rings. The van der Waals surface area contributed by atoms with Crippen LogP contribution in [0.15, 0.2) is 42.7 Å². The Hall–Kier alpha value is -3.34. The van der Waals surface area contributed by atoms with Crippen LogP contribution >= 0.6 is 0 Å². The molecule has 0 aliphatic carbocycles. The molecule has 8 heteroatoms. The minimum atomic E-state index is -4.89. The van der Waals surface area contributed by atoms with Crippen molar-refractivity contribution in [2.24, 2.45) is 0 Å². The van der Waals surface area contributed by atoms with Gasteiger partial charge in [-0.1, -0.05) is 50.7 Å². The Balaban J connectivity index is 1.77. The molecule has 0 N–H and O–H groups in total. The molecule has 0 aliphatic rings. The van der Waals surface area contributed by atoms with E-state index in [4.69, 9.17) is 0 Å². The van der Waals surface area contributed by atoms with E-state index in [-0.39, 0.29) is 11.1 Å². The zero-order chi connectivity index (χ0) is 24.7. The van der Waals surface area contributed by atoms with Crippen molar-refractivity contribution in [3.63, 3.8) is 0 Å². The average molecular weight is 476 g/mol. The molecule has 1 heterocycles. The van der Waals surface area contributed by atoms with E-state index in [0.29, 0.717) is 11.4 Å². The van der Waals surface area contributed by atoms with Crippen LogP contribution in [-0.4, -0.2) is 16.1 Å². The predicted molar refractivity (Wildman–Crippen MR) is 118 cm³/mol. The fraction of sp³-hybridized carbons (Fsp3) is 0.308. The van der Waals surface area contributed by atoms with Gasteiger partial charge in [-0.2, -0.15) is 13.2 Å². The molecule has 0 aliphatic heterocycles. The number of halogens is 6. The van der Waals surface area contributed by atoms with Crippen molar-refractivity contribution in [3.05, 3.63) is 71.3 Å². The van der Waals surface area contributed by atoms with Crippen molar-refractivity contribution in [3.8, 4) is 34.4 Å². The van der Waals surface area contributed by atoms with E-state index in [2.05, 4.69) is 16.9 Å². The fourth-order valence-electron chi connectivity index (χ4n) is 3.44. The first-order chi connectivity index (χ1) is 16.2. The van der Waals surface area contributed by atoms with Crippen molar-refractivity contribution < 1.29 is 26.3 Å². The number of benzene rings is 2. The first kappa shape index (κ1) is 25.3. The summed E-state index contributed by atoms with van der Waals surface area (Å²) in [5.41, 5.74) is 0.0369. The van der Waals surface area contributed by atoms with Crippen molar-refractivity contribution >= 4 is 0 Å². The summed E-state index contributed by atoms with van der Waals surface area (Å²) in [4.78, 5) is 8.57. The summed E-state index contributed by atoms with van der Waals surface area (Å²) >= 11 is 0. The summed E-state index contributed by atoms with van der Waals surface area (Å²) in [6.45, 7) is 2.16. The molecule has 0 fully saturated rings. The van der Waals surface area contributed by atoms with Gasteiger partial charge in [0, 0.05) is 29.4 Å². The number of nitrogens with zero attached hydrogens (tertiary/aromatic N) is 2. The lowest BCUT2D eigenvalue weighted by molar-refractivity contribution is -0.0696. The van der Waals surface area contributed by atoms with Gasteiger partial charge in [-0.25, -0.2) is 23.1 Å². The Morgan fingerprint density at radius 1 is 0.794 bits per heavy atom. The highest BCUT2D eigenvalue weighted by Gasteiger charge is 2.24. The van der Waals surface area contributed by atoms with E-state index in [1.807, 2.05) is 0 Å². The lowest BCUT2D eigenvalue weighted by atomic mass is 10.0. The quantitative estimate of drug-likeness (QED) is 0.190. The third kappa shape index (κ3) is 6.83. The normalized spacial score (nSPS) is 11.3. The lowest BCUT2D eigenvalue weighted by Crippen LogP contribution is -2.02. The summed E-state index contributed by atoms with van der Waals surface area (Å²) in [5, 5.41) is 0. The zero-order valence-corrected chi connectivity index (χ0v) is 18.4. The van der Waals surface area contributed by atoms with Crippen LogP contribution in [0.3, 0.4) is 0 Å². The molecule has 34 heavy (non-hydrogen) atoms. The average Bonchev–Trinajstić information content (AvgIpc) is 2.78. The maximum atomic E-state index is 14.8. The van der Waals surface area contributed by atoms with Crippen LogP contribution in [0.4, 0.5) is 26.3 Å². The van der Waals surface area contributed by atoms with Crippen LogP contribution in [-0.2, 0) is 6.42 Å².